The number of aromatic nitrogens is 2. The van der Waals surface area contributed by atoms with Gasteiger partial charge in [-0.25, -0.2) is 4.98 Å². The molecule has 158 valence electrons. The monoisotopic (exact) mass is 408 g/mol. The zero-order chi connectivity index (χ0) is 21.3. The highest BCUT2D eigenvalue weighted by Gasteiger charge is 2.23. The maximum Gasteiger partial charge on any atom is 0.227 e. The number of hydrogen-bond donors (Lipinski definition) is 4. The van der Waals surface area contributed by atoms with Gasteiger partial charge in [0.05, 0.1) is 11.8 Å². The van der Waals surface area contributed by atoms with Crippen LogP contribution in [0.3, 0.4) is 0 Å². The molecule has 1 fully saturated rings. The SMILES string of the molecule is N#CCC1CCN(c2nc(C=N)c(CN)c(Nc3ccc(OCCN)cc3)n2)CC1. The molecular formula is C21H28N8O. The number of benzene rings is 1. The molecule has 1 aromatic carbocycles. The quantitative estimate of drug-likeness (QED) is 0.461. The van der Waals surface area contributed by atoms with Gasteiger partial charge in [0.25, 0.3) is 0 Å². The third kappa shape index (κ3) is 5.23. The summed E-state index contributed by atoms with van der Waals surface area (Å²) in [6.07, 6.45) is 3.67. The van der Waals surface area contributed by atoms with Crippen LogP contribution in [-0.4, -0.2) is 42.4 Å². The first-order valence-electron chi connectivity index (χ1n) is 10.1. The molecule has 2 aromatic rings. The van der Waals surface area contributed by atoms with Crippen molar-refractivity contribution < 1.29 is 4.74 Å². The molecule has 0 saturated carbocycles. The Labute approximate surface area is 176 Å². The van der Waals surface area contributed by atoms with Gasteiger partial charge in [-0.1, -0.05) is 0 Å². The average Bonchev–Trinajstić information content (AvgIpc) is 2.78. The molecule has 6 N–H and O–H groups in total. The van der Waals surface area contributed by atoms with Crippen LogP contribution in [0, 0.1) is 22.7 Å². The summed E-state index contributed by atoms with van der Waals surface area (Å²) in [5.74, 6) is 2.34. The van der Waals surface area contributed by atoms with Gasteiger partial charge in [-0.3, -0.25) is 0 Å². The molecule has 0 bridgehead atoms. The van der Waals surface area contributed by atoms with Crippen LogP contribution in [0.4, 0.5) is 17.5 Å². The van der Waals surface area contributed by atoms with E-state index in [1.54, 1.807) is 0 Å². The Hall–Kier alpha value is -3.22. The minimum absolute atomic E-state index is 0.218. The van der Waals surface area contributed by atoms with Gasteiger partial charge in [-0.15, -0.1) is 0 Å². The topological polar surface area (TPSA) is 150 Å². The second-order valence-corrected chi connectivity index (χ2v) is 7.16. The van der Waals surface area contributed by atoms with E-state index in [2.05, 4.69) is 21.3 Å². The van der Waals surface area contributed by atoms with E-state index < -0.39 is 0 Å². The van der Waals surface area contributed by atoms with Gasteiger partial charge in [0.1, 0.15) is 18.2 Å². The first-order chi connectivity index (χ1) is 14.7. The number of nitrogens with zero attached hydrogens (tertiary/aromatic N) is 4. The fourth-order valence-corrected chi connectivity index (χ4v) is 3.47. The van der Waals surface area contributed by atoms with E-state index in [0.717, 1.165) is 37.4 Å². The number of nitriles is 1. The van der Waals surface area contributed by atoms with Crippen molar-refractivity contribution in [1.82, 2.24) is 9.97 Å². The first-order valence-corrected chi connectivity index (χ1v) is 10.1. The fraction of sp³-hybridized carbons (Fsp3) is 0.429. The summed E-state index contributed by atoms with van der Waals surface area (Å²) in [5.41, 5.74) is 13.4. The molecule has 1 aliphatic rings. The van der Waals surface area contributed by atoms with Crippen molar-refractivity contribution in [2.24, 2.45) is 17.4 Å². The molecule has 2 heterocycles. The number of anilines is 3. The maximum atomic E-state index is 8.92. The van der Waals surface area contributed by atoms with Gasteiger partial charge >= 0.3 is 0 Å². The minimum atomic E-state index is 0.218. The van der Waals surface area contributed by atoms with E-state index in [1.165, 1.54) is 6.21 Å². The lowest BCUT2D eigenvalue weighted by Crippen LogP contribution is -2.35. The van der Waals surface area contributed by atoms with Crippen molar-refractivity contribution in [2.75, 3.05) is 36.5 Å². The van der Waals surface area contributed by atoms with E-state index >= 15 is 0 Å². The Kier molecular flexibility index (Phi) is 7.54. The lowest BCUT2D eigenvalue weighted by atomic mass is 9.94. The molecule has 3 rings (SSSR count). The molecule has 0 radical (unpaired) electrons. The zero-order valence-electron chi connectivity index (χ0n) is 17.0. The normalized spacial score (nSPS) is 14.2. The first kappa shape index (κ1) is 21.5. The molecule has 0 spiro atoms. The zero-order valence-corrected chi connectivity index (χ0v) is 17.0. The predicted octanol–water partition coefficient (Wildman–Crippen LogP) is 2.14. The third-order valence-electron chi connectivity index (χ3n) is 5.15. The molecule has 0 aliphatic carbocycles. The van der Waals surface area contributed by atoms with Gasteiger partial charge < -0.3 is 31.8 Å². The predicted molar refractivity (Wildman–Crippen MR) is 117 cm³/mol. The van der Waals surface area contributed by atoms with Crippen LogP contribution < -0.4 is 26.4 Å². The molecular weight excluding hydrogens is 380 g/mol. The summed E-state index contributed by atoms with van der Waals surface area (Å²) in [7, 11) is 0. The number of ether oxygens (including phenoxy) is 1. The maximum absolute atomic E-state index is 8.92. The van der Waals surface area contributed by atoms with Crippen LogP contribution in [0.5, 0.6) is 5.75 Å². The van der Waals surface area contributed by atoms with Crippen molar-refractivity contribution in [3.05, 3.63) is 35.5 Å². The standard InChI is InChI=1S/C21H28N8O/c22-8-5-15-6-10-29(11-7-15)21-27-19(14-25)18(13-24)20(28-21)26-16-1-3-17(4-2-16)30-12-9-23/h1-4,14-15,25H,5-7,9-13,23-24H2,(H,26,27,28). The molecule has 0 unspecified atom stereocenters. The lowest BCUT2D eigenvalue weighted by molar-refractivity contribution is 0.328. The highest BCUT2D eigenvalue weighted by molar-refractivity contribution is 5.80. The highest BCUT2D eigenvalue weighted by atomic mass is 16.5. The van der Waals surface area contributed by atoms with Crippen LogP contribution in [-0.2, 0) is 6.54 Å². The second kappa shape index (κ2) is 10.5. The summed E-state index contributed by atoms with van der Waals surface area (Å²) in [4.78, 5) is 11.4. The molecule has 1 saturated heterocycles. The fourth-order valence-electron chi connectivity index (χ4n) is 3.47. The van der Waals surface area contributed by atoms with Gasteiger partial charge in [0, 0.05) is 50.1 Å². The summed E-state index contributed by atoms with van der Waals surface area (Å²) < 4.78 is 5.51. The van der Waals surface area contributed by atoms with Crippen molar-refractivity contribution in [2.45, 2.75) is 25.8 Å². The van der Waals surface area contributed by atoms with E-state index in [-0.39, 0.29) is 6.54 Å². The van der Waals surface area contributed by atoms with E-state index in [4.69, 9.17) is 31.9 Å². The Balaban J connectivity index is 1.82. The minimum Gasteiger partial charge on any atom is -0.492 e. The van der Waals surface area contributed by atoms with Crippen molar-refractivity contribution in [3.8, 4) is 11.8 Å². The van der Waals surface area contributed by atoms with Crippen molar-refractivity contribution in [1.29, 1.82) is 10.7 Å². The van der Waals surface area contributed by atoms with Gasteiger partial charge in [-0.2, -0.15) is 10.2 Å². The van der Waals surface area contributed by atoms with Crippen LogP contribution in [0.2, 0.25) is 0 Å². The molecule has 30 heavy (non-hydrogen) atoms. The van der Waals surface area contributed by atoms with Crippen molar-refractivity contribution in [3.63, 3.8) is 0 Å². The number of rotatable bonds is 9. The van der Waals surface area contributed by atoms with E-state index in [1.807, 2.05) is 24.3 Å². The molecule has 1 aliphatic heterocycles. The van der Waals surface area contributed by atoms with Gasteiger partial charge in [-0.05, 0) is 43.0 Å². The highest BCUT2D eigenvalue weighted by Crippen LogP contribution is 2.27. The van der Waals surface area contributed by atoms with Gasteiger partial charge in [0.15, 0.2) is 0 Å². The average molecular weight is 409 g/mol. The largest absolute Gasteiger partial charge is 0.492 e. The Morgan fingerprint density at radius 2 is 1.97 bits per heavy atom. The Morgan fingerprint density at radius 3 is 2.57 bits per heavy atom. The summed E-state index contributed by atoms with van der Waals surface area (Å²) in [6, 6.07) is 9.77. The number of nitrogens with two attached hydrogens (primary N) is 2. The number of hydrogen-bond acceptors (Lipinski definition) is 9. The van der Waals surface area contributed by atoms with Crippen LogP contribution in [0.15, 0.2) is 24.3 Å². The molecule has 0 atom stereocenters. The summed E-state index contributed by atoms with van der Waals surface area (Å²) >= 11 is 0. The molecule has 9 heteroatoms. The van der Waals surface area contributed by atoms with Crippen molar-refractivity contribution >= 4 is 23.7 Å². The van der Waals surface area contributed by atoms with Crippen LogP contribution in [0.25, 0.3) is 0 Å². The Morgan fingerprint density at radius 1 is 1.23 bits per heavy atom. The molecule has 9 nitrogen and oxygen atoms in total. The molecule has 1 aromatic heterocycles. The number of nitrogens with one attached hydrogen (secondary N) is 2. The summed E-state index contributed by atoms with van der Waals surface area (Å²) in [5, 5.41) is 20.0. The van der Waals surface area contributed by atoms with E-state index in [0.29, 0.717) is 48.5 Å². The third-order valence-corrected chi connectivity index (χ3v) is 5.15. The van der Waals surface area contributed by atoms with Crippen LogP contribution >= 0.6 is 0 Å². The second-order valence-electron chi connectivity index (χ2n) is 7.16. The Bertz CT molecular complexity index is 885. The van der Waals surface area contributed by atoms with E-state index in [9.17, 15) is 0 Å². The smallest absolute Gasteiger partial charge is 0.227 e. The lowest BCUT2D eigenvalue weighted by Gasteiger charge is -2.31. The summed E-state index contributed by atoms with van der Waals surface area (Å²) in [6.45, 7) is 2.73. The van der Waals surface area contributed by atoms with Crippen LogP contribution in [0.1, 0.15) is 30.5 Å². The molecule has 0 amide bonds. The van der Waals surface area contributed by atoms with Gasteiger partial charge in [0.2, 0.25) is 5.95 Å². The number of piperidine rings is 1.